The van der Waals surface area contributed by atoms with Crippen LogP contribution in [0.3, 0.4) is 0 Å². The molecule has 6 heterocycles. The van der Waals surface area contributed by atoms with Crippen LogP contribution in [0.5, 0.6) is 0 Å². The third-order valence-corrected chi connectivity index (χ3v) is 9.20. The van der Waals surface area contributed by atoms with E-state index in [1.54, 1.807) is 0 Å². The molecule has 0 amide bonds. The van der Waals surface area contributed by atoms with Crippen molar-refractivity contribution in [1.29, 1.82) is 0 Å². The molecule has 1 unspecified atom stereocenters. The Hall–Kier alpha value is -1.24. The van der Waals surface area contributed by atoms with Crippen molar-refractivity contribution in [3.63, 3.8) is 0 Å². The summed E-state index contributed by atoms with van der Waals surface area (Å²) in [7, 11) is -0.999. The minimum atomic E-state index is -0.999. The molecule has 2 fully saturated rings. The maximum absolute atomic E-state index is 12.0. The third kappa shape index (κ3) is 6.37. The number of halogens is 2. The molecule has 6 rings (SSSR count). The van der Waals surface area contributed by atoms with Crippen LogP contribution < -0.4 is 10.6 Å². The predicted molar refractivity (Wildman–Crippen MR) is 138 cm³/mol. The zero-order chi connectivity index (χ0) is 24.2. The molecule has 1 atom stereocenters. The fourth-order valence-corrected chi connectivity index (χ4v) is 7.21. The monoisotopic (exact) mass is 558 g/mol. The fraction of sp³-hybridized carbons (Fsp3) is 0.636. The van der Waals surface area contributed by atoms with Gasteiger partial charge in [-0.3, -0.25) is 4.21 Å². The second kappa shape index (κ2) is 11.9. The molecule has 35 heavy (non-hydrogen) atoms. The summed E-state index contributed by atoms with van der Waals surface area (Å²) in [6, 6.07) is 0.756. The highest BCUT2D eigenvalue weighted by Gasteiger charge is 2.27. The fourth-order valence-electron chi connectivity index (χ4n) is 4.47. The Kier molecular flexibility index (Phi) is 8.62. The zero-order valence-electron chi connectivity index (χ0n) is 19.2. The summed E-state index contributed by atoms with van der Waals surface area (Å²) in [5.74, 6) is 3.25. The standard InChI is InChI=1S/C11H14ClN3O2S.C11H14ClN3OS/c12-11-14-8-3-6-18(16)9(8)10(15-11)13-7-1-4-17-5-2-7;12-11-14-8-3-6-17-9(8)10(15-11)13-7-1-4-16-5-2-7/h7H,1-6H2,(H,13,14,15);7H,1-6H2,(H,13,14,15). The molecule has 2 aromatic rings. The van der Waals surface area contributed by atoms with Gasteiger partial charge in [0.1, 0.15) is 16.5 Å². The molecular formula is C22H28Cl2N6O3S2. The highest BCUT2D eigenvalue weighted by molar-refractivity contribution is 7.99. The van der Waals surface area contributed by atoms with Crippen LogP contribution in [0.4, 0.5) is 11.6 Å². The van der Waals surface area contributed by atoms with Crippen LogP contribution in [0.25, 0.3) is 0 Å². The van der Waals surface area contributed by atoms with E-state index >= 15 is 0 Å². The number of aryl methyl sites for hydroxylation is 2. The number of aromatic nitrogens is 4. The second-order valence-electron chi connectivity index (χ2n) is 8.69. The van der Waals surface area contributed by atoms with Crippen molar-refractivity contribution in [3.05, 3.63) is 22.0 Å². The lowest BCUT2D eigenvalue weighted by molar-refractivity contribution is 0.0902. The molecule has 0 radical (unpaired) electrons. The lowest BCUT2D eigenvalue weighted by Gasteiger charge is -2.24. The Balaban J connectivity index is 0.000000145. The smallest absolute Gasteiger partial charge is 0.224 e. The maximum Gasteiger partial charge on any atom is 0.224 e. The highest BCUT2D eigenvalue weighted by Crippen LogP contribution is 2.36. The predicted octanol–water partition coefficient (Wildman–Crippen LogP) is 3.75. The first-order chi connectivity index (χ1) is 17.1. The van der Waals surface area contributed by atoms with Gasteiger partial charge in [0.2, 0.25) is 10.6 Å². The van der Waals surface area contributed by atoms with Crippen LogP contribution in [0.1, 0.15) is 37.1 Å². The lowest BCUT2D eigenvalue weighted by atomic mass is 10.1. The summed E-state index contributed by atoms with van der Waals surface area (Å²) in [6.45, 7) is 3.15. The molecule has 0 aromatic carbocycles. The lowest BCUT2D eigenvalue weighted by Crippen LogP contribution is -2.28. The van der Waals surface area contributed by atoms with E-state index in [0.717, 1.165) is 86.4 Å². The first-order valence-electron chi connectivity index (χ1n) is 11.9. The zero-order valence-corrected chi connectivity index (χ0v) is 22.4. The number of rotatable bonds is 4. The number of anilines is 2. The van der Waals surface area contributed by atoms with E-state index in [1.807, 2.05) is 11.8 Å². The normalized spacial score (nSPS) is 22.2. The van der Waals surface area contributed by atoms with E-state index in [1.165, 1.54) is 4.90 Å². The Morgan fingerprint density at radius 1 is 0.800 bits per heavy atom. The molecule has 4 aliphatic rings. The van der Waals surface area contributed by atoms with Crippen molar-refractivity contribution in [2.24, 2.45) is 0 Å². The number of ether oxygens (including phenoxy) is 2. The highest BCUT2D eigenvalue weighted by atomic mass is 35.5. The second-order valence-corrected chi connectivity index (χ2v) is 12.0. The van der Waals surface area contributed by atoms with Crippen molar-refractivity contribution in [2.45, 2.75) is 60.4 Å². The van der Waals surface area contributed by atoms with Crippen molar-refractivity contribution < 1.29 is 13.7 Å². The Labute approximate surface area is 221 Å². The van der Waals surface area contributed by atoms with Crippen LogP contribution in [-0.4, -0.2) is 74.2 Å². The molecule has 13 heteroatoms. The Morgan fingerprint density at radius 2 is 1.37 bits per heavy atom. The first kappa shape index (κ1) is 25.4. The van der Waals surface area contributed by atoms with E-state index in [4.69, 9.17) is 32.7 Å². The van der Waals surface area contributed by atoms with Crippen LogP contribution in [0, 0.1) is 0 Å². The summed E-state index contributed by atoms with van der Waals surface area (Å²) in [6.07, 6.45) is 5.63. The van der Waals surface area contributed by atoms with E-state index in [0.29, 0.717) is 35.4 Å². The quantitative estimate of drug-likeness (QED) is 0.538. The SMILES string of the molecule is Clc1nc2c(c(NC3CCOCC3)n1)SCC2.O=S1CCc2nc(Cl)nc(NC3CCOCC3)c21. The van der Waals surface area contributed by atoms with Crippen molar-refractivity contribution in [1.82, 2.24) is 19.9 Å². The molecule has 2 aromatic heterocycles. The number of hydrogen-bond donors (Lipinski definition) is 2. The number of fused-ring (bicyclic) bond motifs is 2. The summed E-state index contributed by atoms with van der Waals surface area (Å²) < 4.78 is 22.6. The topological polar surface area (TPSA) is 111 Å². The average Bonchev–Trinajstić information content (AvgIpc) is 3.47. The van der Waals surface area contributed by atoms with E-state index in [2.05, 4.69) is 30.6 Å². The molecule has 0 saturated carbocycles. The third-order valence-electron chi connectivity index (χ3n) is 6.28. The van der Waals surface area contributed by atoms with Crippen LogP contribution in [-0.2, 0) is 33.1 Å². The average molecular weight is 560 g/mol. The number of nitrogens with zero attached hydrogens (tertiary/aromatic N) is 4. The van der Waals surface area contributed by atoms with Gasteiger partial charge < -0.3 is 20.1 Å². The van der Waals surface area contributed by atoms with E-state index in [-0.39, 0.29) is 5.28 Å². The van der Waals surface area contributed by atoms with Gasteiger partial charge in [-0.05, 0) is 48.9 Å². The Bertz CT molecular complexity index is 1080. The van der Waals surface area contributed by atoms with Crippen molar-refractivity contribution in [2.75, 3.05) is 48.6 Å². The van der Waals surface area contributed by atoms with Gasteiger partial charge in [-0.1, -0.05) is 0 Å². The van der Waals surface area contributed by atoms with Gasteiger partial charge in [0.25, 0.3) is 0 Å². The summed E-state index contributed by atoms with van der Waals surface area (Å²) in [4.78, 5) is 18.9. The van der Waals surface area contributed by atoms with Gasteiger partial charge >= 0.3 is 0 Å². The van der Waals surface area contributed by atoms with Gasteiger partial charge in [-0.25, -0.2) is 9.97 Å². The first-order valence-corrected chi connectivity index (χ1v) is 15.0. The minimum absolute atomic E-state index is 0.224. The van der Waals surface area contributed by atoms with Crippen LogP contribution in [0.15, 0.2) is 9.79 Å². The van der Waals surface area contributed by atoms with E-state index in [9.17, 15) is 4.21 Å². The van der Waals surface area contributed by atoms with Gasteiger partial charge in [0.15, 0.2) is 0 Å². The maximum atomic E-state index is 12.0. The number of nitrogens with one attached hydrogen (secondary N) is 2. The number of thioether (sulfide) groups is 1. The largest absolute Gasteiger partial charge is 0.381 e. The molecule has 2 N–H and O–H groups in total. The van der Waals surface area contributed by atoms with Gasteiger partial charge in [0, 0.05) is 62.9 Å². The summed E-state index contributed by atoms with van der Waals surface area (Å²) in [5.41, 5.74) is 1.91. The van der Waals surface area contributed by atoms with Crippen molar-refractivity contribution >= 4 is 57.4 Å². The summed E-state index contributed by atoms with van der Waals surface area (Å²) >= 11 is 13.7. The van der Waals surface area contributed by atoms with Gasteiger partial charge in [0.05, 0.1) is 27.1 Å². The molecule has 0 aliphatic carbocycles. The van der Waals surface area contributed by atoms with Crippen LogP contribution in [0.2, 0.25) is 10.6 Å². The van der Waals surface area contributed by atoms with Crippen molar-refractivity contribution in [3.8, 4) is 0 Å². The van der Waals surface area contributed by atoms with Gasteiger partial charge in [-0.15, -0.1) is 11.8 Å². The molecule has 9 nitrogen and oxygen atoms in total. The summed E-state index contributed by atoms with van der Waals surface area (Å²) in [5, 5.41) is 7.40. The molecule has 4 aliphatic heterocycles. The van der Waals surface area contributed by atoms with E-state index < -0.39 is 10.8 Å². The molecule has 0 spiro atoms. The van der Waals surface area contributed by atoms with Gasteiger partial charge in [-0.2, -0.15) is 9.97 Å². The molecule has 0 bridgehead atoms. The molecular weight excluding hydrogens is 531 g/mol. The minimum Gasteiger partial charge on any atom is -0.381 e. The Morgan fingerprint density at radius 3 is 2.03 bits per heavy atom. The molecule has 190 valence electrons. The molecule has 2 saturated heterocycles. The van der Waals surface area contributed by atoms with Crippen LogP contribution >= 0.6 is 35.0 Å². The number of hydrogen-bond acceptors (Lipinski definition) is 10.